The molecule has 1 aromatic heterocycles. The van der Waals surface area contributed by atoms with Crippen molar-refractivity contribution in [1.29, 1.82) is 0 Å². The number of fused-ring (bicyclic) bond motifs is 6. The van der Waals surface area contributed by atoms with Gasteiger partial charge in [0, 0.05) is 55.8 Å². The Morgan fingerprint density at radius 1 is 0.721 bits per heavy atom. The Balaban J connectivity index is 1.04. The average molecular weight is 818 g/mol. The number of nitrogens with one attached hydrogen (secondary N) is 4. The van der Waals surface area contributed by atoms with Crippen LogP contribution in [-0.4, -0.2) is 33.5 Å². The Bertz CT molecular complexity index is 2600. The molecule has 2 aromatic carbocycles. The number of nitrogens with zero attached hydrogens (tertiary/aromatic N) is 1. The van der Waals surface area contributed by atoms with Crippen LogP contribution in [0.5, 0.6) is 0 Å². The largest absolute Gasteiger partial charge is 0.354 e. The minimum Gasteiger partial charge on any atom is -0.354 e. The van der Waals surface area contributed by atoms with Gasteiger partial charge in [0.05, 0.1) is 30.2 Å². The van der Waals surface area contributed by atoms with Gasteiger partial charge in [-0.2, -0.15) is 0 Å². The van der Waals surface area contributed by atoms with Crippen LogP contribution in [0.3, 0.4) is 0 Å². The van der Waals surface area contributed by atoms with Crippen LogP contribution in [0.1, 0.15) is 98.7 Å². The molecule has 9 aliphatic rings. The second kappa shape index (κ2) is 16.0. The molecule has 5 nitrogen and oxygen atoms in total. The number of allylic oxidation sites excluding steroid dienone is 17. The van der Waals surface area contributed by atoms with E-state index < -0.39 is 0 Å². The van der Waals surface area contributed by atoms with Gasteiger partial charge in [0.1, 0.15) is 0 Å². The van der Waals surface area contributed by atoms with E-state index in [1.165, 1.54) is 91.5 Å². The van der Waals surface area contributed by atoms with Crippen LogP contribution in [0.15, 0.2) is 179 Å². The second-order valence-corrected chi connectivity index (χ2v) is 19.2. The maximum absolute atomic E-state index is 4.21. The molecule has 0 spiro atoms. The molecule has 0 amide bonds. The number of aromatic nitrogens is 1. The molecule has 0 radical (unpaired) electrons. The van der Waals surface area contributed by atoms with Crippen LogP contribution < -0.4 is 16.0 Å². The van der Waals surface area contributed by atoms with Gasteiger partial charge in [-0.1, -0.05) is 128 Å². The molecule has 1 fully saturated rings. The van der Waals surface area contributed by atoms with E-state index in [0.29, 0.717) is 17.2 Å². The minimum absolute atomic E-state index is 0.0551. The van der Waals surface area contributed by atoms with E-state index in [2.05, 4.69) is 183 Å². The Labute approximate surface area is 365 Å². The Morgan fingerprint density at radius 2 is 1.61 bits per heavy atom. The zero-order valence-electron chi connectivity index (χ0n) is 34.8. The van der Waals surface area contributed by atoms with Crippen LogP contribution >= 0.6 is 11.8 Å². The minimum atomic E-state index is -0.0902. The smallest absolute Gasteiger partial charge is 0.0883 e. The molecule has 306 valence electrons. The Hall–Kier alpha value is -5.11. The van der Waals surface area contributed by atoms with Gasteiger partial charge >= 0.3 is 0 Å². The molecular formula is C55H55N5S. The number of aromatic amines is 1. The number of hydrogen-bond acceptors (Lipinski definition) is 5. The SMILES string of the molecule is C1=CCCC(C2NC(c3cc(C4=C(c5ccccc5)CCC=C4)[nH]c3-c3cccc4c3C3C5=C(C=CC3S4)C3=CCCCC3N5C3=CC=CCC3)NC(C3C=CC=CC3)N2)=C1. The highest BCUT2D eigenvalue weighted by Crippen LogP contribution is 2.60. The Morgan fingerprint density at radius 3 is 2.46 bits per heavy atom. The third-order valence-electron chi connectivity index (χ3n) is 14.5. The van der Waals surface area contributed by atoms with E-state index >= 15 is 0 Å². The summed E-state index contributed by atoms with van der Waals surface area (Å²) in [5.41, 5.74) is 18.0. The molecule has 1 saturated heterocycles. The van der Waals surface area contributed by atoms with Crippen LogP contribution in [0, 0.1) is 5.92 Å². The second-order valence-electron chi connectivity index (χ2n) is 18.0. The zero-order valence-corrected chi connectivity index (χ0v) is 35.6. The highest BCUT2D eigenvalue weighted by atomic mass is 32.2. The predicted molar refractivity (Wildman–Crippen MR) is 253 cm³/mol. The lowest BCUT2D eigenvalue weighted by molar-refractivity contribution is 0.185. The summed E-state index contributed by atoms with van der Waals surface area (Å²) in [6, 6.07) is 21.1. The van der Waals surface area contributed by atoms with Crippen molar-refractivity contribution in [2.24, 2.45) is 5.92 Å². The molecule has 0 saturated carbocycles. The molecule has 7 unspecified atom stereocenters. The number of benzene rings is 2. The number of thioether (sulfide) groups is 1. The maximum atomic E-state index is 4.21. The molecule has 4 N–H and O–H groups in total. The highest BCUT2D eigenvalue weighted by Gasteiger charge is 2.49. The summed E-state index contributed by atoms with van der Waals surface area (Å²) in [4.78, 5) is 8.45. The van der Waals surface area contributed by atoms with Crippen LogP contribution in [0.25, 0.3) is 22.4 Å². The standard InChI is InChI=1S/C55H55N5S/c1-5-18-35(19-6-1)39-26-13-14-27-40(39)45-34-44(55-58-53(36-20-7-2-8-21-36)57-54(59-55)37-22-9-3-10-23-37)51(56-45)43-29-17-31-47-49(43)50-48(61-47)33-32-42-41-28-15-16-30-46(41)60(52(42)50)38-24-11-4-12-25-38/h1-9,11,14,17-20,22,24,27-29,31-34,36,46,48,50,53-59H,10,12-13,15-16,21,23,25-26,30H2. The van der Waals surface area contributed by atoms with Crippen LogP contribution in [0.4, 0.5) is 0 Å². The lowest BCUT2D eigenvalue weighted by atomic mass is 9.81. The van der Waals surface area contributed by atoms with Gasteiger partial charge in [0.2, 0.25) is 0 Å². The van der Waals surface area contributed by atoms with Gasteiger partial charge in [-0.25, -0.2) is 0 Å². The molecule has 4 heterocycles. The van der Waals surface area contributed by atoms with Gasteiger partial charge in [0.25, 0.3) is 0 Å². The van der Waals surface area contributed by atoms with Crippen molar-refractivity contribution in [3.63, 3.8) is 0 Å². The summed E-state index contributed by atoms with van der Waals surface area (Å²) in [6.07, 6.45) is 46.5. The monoisotopic (exact) mass is 817 g/mol. The number of H-pyrrole nitrogens is 1. The number of rotatable bonds is 7. The van der Waals surface area contributed by atoms with Crippen molar-refractivity contribution in [2.45, 2.75) is 105 Å². The van der Waals surface area contributed by atoms with Crippen LogP contribution in [0.2, 0.25) is 0 Å². The normalized spacial score (nSPS) is 29.9. The summed E-state index contributed by atoms with van der Waals surface area (Å²) in [7, 11) is 0. The van der Waals surface area contributed by atoms with Gasteiger partial charge in [-0.15, -0.1) is 11.8 Å². The molecular weight excluding hydrogens is 763 g/mol. The Kier molecular flexibility index (Phi) is 9.86. The van der Waals surface area contributed by atoms with E-state index in [9.17, 15) is 0 Å². The summed E-state index contributed by atoms with van der Waals surface area (Å²) in [6.45, 7) is 0. The first-order valence-corrected chi connectivity index (χ1v) is 23.9. The van der Waals surface area contributed by atoms with Gasteiger partial charge < -0.3 is 9.88 Å². The molecule has 6 aliphatic carbocycles. The number of hydrogen-bond donors (Lipinski definition) is 4. The van der Waals surface area contributed by atoms with Crippen molar-refractivity contribution in [1.82, 2.24) is 25.8 Å². The van der Waals surface area contributed by atoms with Crippen molar-refractivity contribution in [3.8, 4) is 11.3 Å². The fraction of sp³-hybridized carbons (Fsp3) is 0.309. The van der Waals surface area contributed by atoms with Crippen LogP contribution in [-0.2, 0) is 0 Å². The van der Waals surface area contributed by atoms with E-state index in [-0.39, 0.29) is 24.4 Å². The average Bonchev–Trinajstić information content (AvgIpc) is 4.05. The van der Waals surface area contributed by atoms with Gasteiger partial charge in [0.15, 0.2) is 0 Å². The fourth-order valence-electron chi connectivity index (χ4n) is 11.6. The lowest BCUT2D eigenvalue weighted by Gasteiger charge is -2.43. The van der Waals surface area contributed by atoms with Crippen molar-refractivity contribution < 1.29 is 0 Å². The lowest BCUT2D eigenvalue weighted by Crippen LogP contribution is -2.65. The van der Waals surface area contributed by atoms with E-state index in [4.69, 9.17) is 0 Å². The summed E-state index contributed by atoms with van der Waals surface area (Å²) in [5, 5.41) is 12.7. The zero-order chi connectivity index (χ0) is 40.3. The quantitative estimate of drug-likeness (QED) is 0.191. The summed E-state index contributed by atoms with van der Waals surface area (Å²) >= 11 is 2.07. The molecule has 0 bridgehead atoms. The predicted octanol–water partition coefficient (Wildman–Crippen LogP) is 12.2. The third kappa shape index (κ3) is 6.66. The van der Waals surface area contributed by atoms with Crippen molar-refractivity contribution >= 4 is 22.9 Å². The van der Waals surface area contributed by atoms with E-state index in [1.54, 1.807) is 5.57 Å². The van der Waals surface area contributed by atoms with Crippen molar-refractivity contribution in [3.05, 3.63) is 196 Å². The maximum Gasteiger partial charge on any atom is 0.0883 e. The first-order chi connectivity index (χ1) is 30.3. The molecule has 7 atom stereocenters. The first kappa shape index (κ1) is 37.6. The van der Waals surface area contributed by atoms with Gasteiger partial charge in [-0.05, 0) is 116 Å². The van der Waals surface area contributed by atoms with Gasteiger partial charge in [-0.3, -0.25) is 16.0 Å². The first-order valence-electron chi connectivity index (χ1n) is 23.0. The molecule has 3 aliphatic heterocycles. The van der Waals surface area contributed by atoms with E-state index in [1.807, 2.05) is 0 Å². The molecule has 12 rings (SSSR count). The summed E-state index contributed by atoms with van der Waals surface area (Å²) in [5.74, 6) is 0.607. The summed E-state index contributed by atoms with van der Waals surface area (Å²) < 4.78 is 0. The molecule has 3 aromatic rings. The topological polar surface area (TPSA) is 55.1 Å². The highest BCUT2D eigenvalue weighted by molar-refractivity contribution is 8.00. The van der Waals surface area contributed by atoms with E-state index in [0.717, 1.165) is 44.9 Å². The molecule has 6 heteroatoms. The van der Waals surface area contributed by atoms with Crippen molar-refractivity contribution in [2.75, 3.05) is 0 Å². The fourth-order valence-corrected chi connectivity index (χ4v) is 13.0. The molecule has 61 heavy (non-hydrogen) atoms. The third-order valence-corrected chi connectivity index (χ3v) is 15.8.